The molecule has 2 aromatic carbocycles. The number of ketones is 1. The van der Waals surface area contributed by atoms with E-state index in [9.17, 15) is 9.59 Å². The third-order valence-corrected chi connectivity index (χ3v) is 5.40. The van der Waals surface area contributed by atoms with Crippen molar-refractivity contribution >= 4 is 23.2 Å². The SMILES string of the molecule is Cc1cc2n(n1)CCCN2C(=O)CCC(=O)Cc1ccc(-c2cccc(N)c2)cc1. The van der Waals surface area contributed by atoms with Gasteiger partial charge in [0.15, 0.2) is 0 Å². The number of anilines is 2. The number of nitrogen functional groups attached to an aromatic ring is 1. The van der Waals surface area contributed by atoms with Crippen LogP contribution in [0.3, 0.4) is 0 Å². The third kappa shape index (κ3) is 4.43. The van der Waals surface area contributed by atoms with E-state index in [4.69, 9.17) is 5.73 Å². The Balaban J connectivity index is 1.32. The average molecular weight is 402 g/mol. The number of nitrogens with zero attached hydrogens (tertiary/aromatic N) is 3. The van der Waals surface area contributed by atoms with E-state index in [1.54, 1.807) is 4.90 Å². The standard InChI is InChI=1S/C24H26N4O2/c1-17-14-23-27(12-3-13-28(23)26-17)24(30)11-10-22(29)15-18-6-8-19(9-7-18)20-4-2-5-21(25)16-20/h2,4-9,14,16H,3,10-13,15,25H2,1H3. The van der Waals surface area contributed by atoms with Gasteiger partial charge < -0.3 is 5.73 Å². The van der Waals surface area contributed by atoms with Crippen molar-refractivity contribution in [2.45, 2.75) is 39.2 Å². The van der Waals surface area contributed by atoms with E-state index in [2.05, 4.69) is 5.10 Å². The van der Waals surface area contributed by atoms with E-state index in [1.165, 1.54) is 0 Å². The highest BCUT2D eigenvalue weighted by Crippen LogP contribution is 2.24. The Morgan fingerprint density at radius 2 is 1.80 bits per heavy atom. The Morgan fingerprint density at radius 3 is 2.57 bits per heavy atom. The molecule has 2 heterocycles. The van der Waals surface area contributed by atoms with E-state index in [0.29, 0.717) is 13.0 Å². The van der Waals surface area contributed by atoms with Gasteiger partial charge in [-0.1, -0.05) is 36.4 Å². The van der Waals surface area contributed by atoms with E-state index in [-0.39, 0.29) is 24.5 Å². The summed E-state index contributed by atoms with van der Waals surface area (Å²) in [5, 5.41) is 4.42. The number of rotatable bonds is 6. The molecule has 1 aromatic heterocycles. The van der Waals surface area contributed by atoms with E-state index < -0.39 is 0 Å². The molecule has 0 spiro atoms. The Morgan fingerprint density at radius 1 is 1.00 bits per heavy atom. The second-order valence-corrected chi connectivity index (χ2v) is 7.80. The minimum Gasteiger partial charge on any atom is -0.399 e. The average Bonchev–Trinajstić information content (AvgIpc) is 3.12. The zero-order valence-corrected chi connectivity index (χ0v) is 17.2. The number of fused-ring (bicyclic) bond motifs is 1. The molecule has 30 heavy (non-hydrogen) atoms. The Hall–Kier alpha value is -3.41. The van der Waals surface area contributed by atoms with Gasteiger partial charge in [0.2, 0.25) is 5.91 Å². The summed E-state index contributed by atoms with van der Waals surface area (Å²) in [7, 11) is 0. The topological polar surface area (TPSA) is 81.2 Å². The molecule has 154 valence electrons. The molecule has 6 nitrogen and oxygen atoms in total. The maximum absolute atomic E-state index is 12.7. The number of amides is 1. The Bertz CT molecular complexity index is 1070. The van der Waals surface area contributed by atoms with Crippen LogP contribution in [0.25, 0.3) is 11.1 Å². The molecule has 2 N–H and O–H groups in total. The molecule has 0 radical (unpaired) electrons. The number of benzene rings is 2. The van der Waals surface area contributed by atoms with Gasteiger partial charge in [0.1, 0.15) is 11.6 Å². The van der Waals surface area contributed by atoms with Gasteiger partial charge in [-0.05, 0) is 42.2 Å². The van der Waals surface area contributed by atoms with Crippen LogP contribution in [-0.2, 0) is 22.6 Å². The summed E-state index contributed by atoms with van der Waals surface area (Å²) < 4.78 is 1.88. The van der Waals surface area contributed by atoms with Gasteiger partial charge in [0.05, 0.1) is 5.69 Å². The van der Waals surface area contributed by atoms with Crippen molar-refractivity contribution in [2.24, 2.45) is 0 Å². The van der Waals surface area contributed by atoms with Crippen molar-refractivity contribution in [1.29, 1.82) is 0 Å². The molecule has 1 amide bonds. The molecule has 4 rings (SSSR count). The summed E-state index contributed by atoms with van der Waals surface area (Å²) in [4.78, 5) is 26.9. The summed E-state index contributed by atoms with van der Waals surface area (Å²) in [6.07, 6.45) is 1.69. The maximum atomic E-state index is 12.7. The molecule has 0 unspecified atom stereocenters. The van der Waals surface area contributed by atoms with Crippen LogP contribution in [0.4, 0.5) is 11.5 Å². The fourth-order valence-corrected chi connectivity index (χ4v) is 3.89. The summed E-state index contributed by atoms with van der Waals surface area (Å²) in [6.45, 7) is 3.44. The molecular formula is C24H26N4O2. The molecule has 0 bridgehead atoms. The number of nitrogens with two attached hydrogens (primary N) is 1. The van der Waals surface area contributed by atoms with Crippen molar-refractivity contribution in [3.05, 3.63) is 65.9 Å². The van der Waals surface area contributed by atoms with Gasteiger partial charge in [-0.2, -0.15) is 5.10 Å². The molecule has 0 saturated carbocycles. The number of hydrogen-bond donors (Lipinski definition) is 1. The lowest BCUT2D eigenvalue weighted by molar-refractivity contribution is -0.123. The van der Waals surface area contributed by atoms with E-state index in [0.717, 1.165) is 46.9 Å². The predicted molar refractivity (Wildman–Crippen MR) is 118 cm³/mol. The number of aromatic nitrogens is 2. The minimum atomic E-state index is -0.0128. The molecule has 0 saturated heterocycles. The molecular weight excluding hydrogens is 376 g/mol. The zero-order chi connectivity index (χ0) is 21.1. The van der Waals surface area contributed by atoms with Gasteiger partial charge in [-0.25, -0.2) is 4.68 Å². The zero-order valence-electron chi connectivity index (χ0n) is 17.2. The fourth-order valence-electron chi connectivity index (χ4n) is 3.89. The van der Waals surface area contributed by atoms with Crippen molar-refractivity contribution in [1.82, 2.24) is 9.78 Å². The first-order chi connectivity index (χ1) is 14.5. The molecule has 0 atom stereocenters. The van der Waals surface area contributed by atoms with Gasteiger partial charge in [-0.3, -0.25) is 14.5 Å². The van der Waals surface area contributed by atoms with Crippen molar-refractivity contribution in [3.63, 3.8) is 0 Å². The van der Waals surface area contributed by atoms with E-state index in [1.807, 2.05) is 66.2 Å². The largest absolute Gasteiger partial charge is 0.399 e. The Kier molecular flexibility index (Phi) is 5.65. The number of carbonyl (C=O) groups excluding carboxylic acids is 2. The second-order valence-electron chi connectivity index (χ2n) is 7.80. The number of Topliss-reactive ketones (excluding diaryl/α,β-unsaturated/α-hetero) is 1. The smallest absolute Gasteiger partial charge is 0.228 e. The maximum Gasteiger partial charge on any atom is 0.228 e. The summed E-state index contributed by atoms with van der Waals surface area (Å²) >= 11 is 0. The number of aryl methyl sites for hydroxylation is 2. The lowest BCUT2D eigenvalue weighted by Gasteiger charge is -2.27. The first-order valence-electron chi connectivity index (χ1n) is 10.3. The van der Waals surface area contributed by atoms with Gasteiger partial charge >= 0.3 is 0 Å². The van der Waals surface area contributed by atoms with Gasteiger partial charge in [0.25, 0.3) is 0 Å². The summed E-state index contributed by atoms with van der Waals surface area (Å²) in [5.74, 6) is 0.899. The molecule has 0 aliphatic carbocycles. The van der Waals surface area contributed by atoms with Crippen LogP contribution in [0, 0.1) is 6.92 Å². The van der Waals surface area contributed by atoms with Gasteiger partial charge in [0, 0.05) is 44.1 Å². The first-order valence-corrected chi connectivity index (χ1v) is 10.3. The molecule has 1 aliphatic heterocycles. The van der Waals surface area contributed by atoms with Crippen LogP contribution in [0.2, 0.25) is 0 Å². The number of hydrogen-bond acceptors (Lipinski definition) is 4. The van der Waals surface area contributed by atoms with Gasteiger partial charge in [-0.15, -0.1) is 0 Å². The van der Waals surface area contributed by atoms with Crippen LogP contribution in [0.1, 0.15) is 30.5 Å². The number of carbonyl (C=O) groups is 2. The predicted octanol–water partition coefficient (Wildman–Crippen LogP) is 3.77. The van der Waals surface area contributed by atoms with Crippen LogP contribution in [-0.4, -0.2) is 28.0 Å². The summed E-state index contributed by atoms with van der Waals surface area (Å²) in [6, 6.07) is 17.6. The second kappa shape index (κ2) is 8.53. The summed E-state index contributed by atoms with van der Waals surface area (Å²) in [5.41, 5.74) is 10.5. The van der Waals surface area contributed by atoms with Crippen molar-refractivity contribution in [3.8, 4) is 11.1 Å². The van der Waals surface area contributed by atoms with Crippen molar-refractivity contribution < 1.29 is 9.59 Å². The Labute approximate surface area is 176 Å². The lowest BCUT2D eigenvalue weighted by atomic mass is 10.0. The van der Waals surface area contributed by atoms with Crippen LogP contribution in [0.5, 0.6) is 0 Å². The minimum absolute atomic E-state index is 0.0128. The highest BCUT2D eigenvalue weighted by atomic mass is 16.2. The van der Waals surface area contributed by atoms with Crippen LogP contribution >= 0.6 is 0 Å². The van der Waals surface area contributed by atoms with E-state index >= 15 is 0 Å². The quantitative estimate of drug-likeness (QED) is 0.637. The van der Waals surface area contributed by atoms with Crippen LogP contribution < -0.4 is 10.6 Å². The fraction of sp³-hybridized carbons (Fsp3) is 0.292. The molecule has 6 heteroatoms. The lowest BCUT2D eigenvalue weighted by Crippen LogP contribution is -2.37. The molecule has 0 fully saturated rings. The van der Waals surface area contributed by atoms with Crippen molar-refractivity contribution in [2.75, 3.05) is 17.2 Å². The first kappa shape index (κ1) is 19.9. The van der Waals surface area contributed by atoms with Crippen LogP contribution in [0.15, 0.2) is 54.6 Å². The third-order valence-electron chi connectivity index (χ3n) is 5.40. The molecule has 3 aromatic rings. The molecule has 1 aliphatic rings. The normalized spacial score (nSPS) is 13.2. The monoisotopic (exact) mass is 402 g/mol. The highest BCUT2D eigenvalue weighted by Gasteiger charge is 2.24. The highest BCUT2D eigenvalue weighted by molar-refractivity contribution is 5.95.